The lowest BCUT2D eigenvalue weighted by Gasteiger charge is -2.19. The van der Waals surface area contributed by atoms with Crippen LogP contribution in [-0.4, -0.2) is 4.98 Å². The first-order chi connectivity index (χ1) is 8.45. The molecule has 0 aliphatic carbocycles. The van der Waals surface area contributed by atoms with Gasteiger partial charge in [0.1, 0.15) is 12.4 Å². The molecule has 3 heteroatoms. The zero-order chi connectivity index (χ0) is 13.2. The summed E-state index contributed by atoms with van der Waals surface area (Å²) >= 11 is 1.65. The van der Waals surface area contributed by atoms with Crippen molar-refractivity contribution in [2.24, 2.45) is 0 Å². The smallest absolute Gasteiger partial charge is 0.131 e. The van der Waals surface area contributed by atoms with E-state index in [4.69, 9.17) is 4.74 Å². The molecule has 2 nitrogen and oxygen atoms in total. The minimum absolute atomic E-state index is 0.185. The molecule has 0 unspecified atom stereocenters. The lowest BCUT2D eigenvalue weighted by molar-refractivity contribution is 0.302. The Bertz CT molecular complexity index is 508. The summed E-state index contributed by atoms with van der Waals surface area (Å²) < 4.78 is 5.72. The Labute approximate surface area is 113 Å². The first-order valence-corrected chi connectivity index (χ1v) is 6.97. The second kappa shape index (κ2) is 5.11. The van der Waals surface area contributed by atoms with Crippen LogP contribution in [0.25, 0.3) is 0 Å². The van der Waals surface area contributed by atoms with Crippen molar-refractivity contribution in [1.29, 1.82) is 0 Å². The fraction of sp³-hybridized carbons (Fsp3) is 0.400. The van der Waals surface area contributed by atoms with E-state index in [1.165, 1.54) is 5.56 Å². The Kier molecular flexibility index (Phi) is 3.71. The topological polar surface area (TPSA) is 22.1 Å². The summed E-state index contributed by atoms with van der Waals surface area (Å²) in [6.45, 7) is 9.17. The quantitative estimate of drug-likeness (QED) is 0.820. The van der Waals surface area contributed by atoms with Crippen LogP contribution in [0.15, 0.2) is 29.6 Å². The molecule has 0 saturated heterocycles. The van der Waals surface area contributed by atoms with Crippen LogP contribution in [0.2, 0.25) is 0 Å². The lowest BCUT2D eigenvalue weighted by Crippen LogP contribution is -2.10. The van der Waals surface area contributed by atoms with Crippen LogP contribution in [0.1, 0.15) is 37.0 Å². The second-order valence-electron chi connectivity index (χ2n) is 5.42. The van der Waals surface area contributed by atoms with Crippen molar-refractivity contribution in [3.05, 3.63) is 45.9 Å². The fourth-order valence-electron chi connectivity index (χ4n) is 1.68. The van der Waals surface area contributed by atoms with Crippen molar-refractivity contribution in [3.8, 4) is 5.75 Å². The third kappa shape index (κ3) is 3.33. The number of nitrogens with zero attached hydrogens (tertiary/aromatic N) is 1. The maximum absolute atomic E-state index is 5.72. The number of benzene rings is 1. The summed E-state index contributed by atoms with van der Waals surface area (Å²) in [7, 11) is 0. The van der Waals surface area contributed by atoms with E-state index < -0.39 is 0 Å². The minimum Gasteiger partial charge on any atom is -0.487 e. The summed E-state index contributed by atoms with van der Waals surface area (Å²) in [5, 5.41) is 3.12. The highest BCUT2D eigenvalue weighted by Gasteiger charge is 2.12. The average molecular weight is 261 g/mol. The number of aromatic nitrogens is 1. The molecule has 0 fully saturated rings. The molecular formula is C15H19NOS. The Morgan fingerprint density at radius 2 is 1.83 bits per heavy atom. The van der Waals surface area contributed by atoms with Crippen molar-refractivity contribution in [1.82, 2.24) is 4.98 Å². The molecule has 0 atom stereocenters. The van der Waals surface area contributed by atoms with E-state index in [0.29, 0.717) is 6.61 Å². The Morgan fingerprint density at radius 3 is 2.33 bits per heavy atom. The predicted molar refractivity (Wildman–Crippen MR) is 76.3 cm³/mol. The van der Waals surface area contributed by atoms with Crippen LogP contribution in [0, 0.1) is 6.92 Å². The molecule has 2 rings (SSSR count). The Hall–Kier alpha value is -1.35. The van der Waals surface area contributed by atoms with Crippen LogP contribution < -0.4 is 4.74 Å². The van der Waals surface area contributed by atoms with E-state index >= 15 is 0 Å². The van der Waals surface area contributed by atoms with E-state index in [2.05, 4.69) is 37.9 Å². The number of aryl methyl sites for hydroxylation is 1. The molecule has 0 radical (unpaired) electrons. The molecule has 0 bridgehead atoms. The zero-order valence-electron chi connectivity index (χ0n) is 11.4. The number of hydrogen-bond acceptors (Lipinski definition) is 3. The molecule has 1 heterocycles. The summed E-state index contributed by atoms with van der Waals surface area (Å²) in [4.78, 5) is 4.38. The Balaban J connectivity index is 1.98. The Morgan fingerprint density at radius 1 is 1.17 bits per heavy atom. The molecule has 0 amide bonds. The van der Waals surface area contributed by atoms with Crippen LogP contribution in [0.3, 0.4) is 0 Å². The predicted octanol–water partition coefficient (Wildman–Crippen LogP) is 4.33. The van der Waals surface area contributed by atoms with Gasteiger partial charge in [0.25, 0.3) is 0 Å². The van der Waals surface area contributed by atoms with Crippen molar-refractivity contribution >= 4 is 11.3 Å². The fourth-order valence-corrected chi connectivity index (χ4v) is 2.28. The van der Waals surface area contributed by atoms with Crippen LogP contribution in [-0.2, 0) is 12.0 Å². The summed E-state index contributed by atoms with van der Waals surface area (Å²) in [5.74, 6) is 0.897. The molecule has 0 aliphatic rings. The first kappa shape index (κ1) is 13.1. The van der Waals surface area contributed by atoms with Gasteiger partial charge in [-0.1, -0.05) is 32.9 Å². The summed E-state index contributed by atoms with van der Waals surface area (Å²) in [6, 6.07) is 8.31. The van der Waals surface area contributed by atoms with Gasteiger partial charge < -0.3 is 4.74 Å². The van der Waals surface area contributed by atoms with Crippen molar-refractivity contribution < 1.29 is 4.74 Å². The van der Waals surface area contributed by atoms with Gasteiger partial charge in [-0.2, -0.15) is 0 Å². The molecule has 2 aromatic rings. The average Bonchev–Trinajstić information content (AvgIpc) is 2.72. The molecule has 0 spiro atoms. The minimum atomic E-state index is 0.185. The van der Waals surface area contributed by atoms with E-state index in [9.17, 15) is 0 Å². The van der Waals surface area contributed by atoms with Crippen molar-refractivity contribution in [2.75, 3.05) is 0 Å². The highest BCUT2D eigenvalue weighted by molar-refractivity contribution is 7.09. The summed E-state index contributed by atoms with van der Waals surface area (Å²) in [6.07, 6.45) is 0. The highest BCUT2D eigenvalue weighted by atomic mass is 32.1. The standard InChI is InChI=1S/C15H19NOS/c1-11-16-13(10-18-11)9-17-14-7-5-12(6-8-14)15(2,3)4/h5-8,10H,9H2,1-4H3. The third-order valence-electron chi connectivity index (χ3n) is 2.77. The molecule has 0 N–H and O–H groups in total. The first-order valence-electron chi connectivity index (χ1n) is 6.09. The highest BCUT2D eigenvalue weighted by Crippen LogP contribution is 2.24. The molecule has 0 saturated carbocycles. The summed E-state index contributed by atoms with van der Waals surface area (Å²) in [5.41, 5.74) is 2.50. The van der Waals surface area contributed by atoms with Gasteiger partial charge in [0.15, 0.2) is 0 Å². The molecular weight excluding hydrogens is 242 g/mol. The third-order valence-corrected chi connectivity index (χ3v) is 3.60. The van der Waals surface area contributed by atoms with Crippen molar-refractivity contribution in [3.63, 3.8) is 0 Å². The zero-order valence-corrected chi connectivity index (χ0v) is 12.2. The molecule has 1 aromatic carbocycles. The van der Waals surface area contributed by atoms with Gasteiger partial charge in [-0.25, -0.2) is 4.98 Å². The van der Waals surface area contributed by atoms with E-state index in [0.717, 1.165) is 16.5 Å². The molecule has 0 aliphatic heterocycles. The number of thiazole rings is 1. The van der Waals surface area contributed by atoms with E-state index in [1.807, 2.05) is 24.4 Å². The van der Waals surface area contributed by atoms with Gasteiger partial charge in [0.05, 0.1) is 10.7 Å². The van der Waals surface area contributed by atoms with Gasteiger partial charge in [-0.15, -0.1) is 11.3 Å². The maximum atomic E-state index is 5.72. The SMILES string of the molecule is Cc1nc(COc2ccc(C(C)(C)C)cc2)cs1. The second-order valence-corrected chi connectivity index (χ2v) is 6.48. The van der Waals surface area contributed by atoms with Crippen LogP contribution >= 0.6 is 11.3 Å². The van der Waals surface area contributed by atoms with Crippen molar-refractivity contribution in [2.45, 2.75) is 39.7 Å². The van der Waals surface area contributed by atoms with Gasteiger partial charge in [0.2, 0.25) is 0 Å². The number of rotatable bonds is 3. The normalized spacial score (nSPS) is 11.6. The molecule has 1 aromatic heterocycles. The van der Waals surface area contributed by atoms with Gasteiger partial charge in [-0.3, -0.25) is 0 Å². The number of hydrogen-bond donors (Lipinski definition) is 0. The monoisotopic (exact) mass is 261 g/mol. The van der Waals surface area contributed by atoms with Crippen LogP contribution in [0.5, 0.6) is 5.75 Å². The maximum Gasteiger partial charge on any atom is 0.131 e. The van der Waals surface area contributed by atoms with Gasteiger partial charge >= 0.3 is 0 Å². The van der Waals surface area contributed by atoms with E-state index in [-0.39, 0.29) is 5.41 Å². The molecule has 18 heavy (non-hydrogen) atoms. The number of ether oxygens (including phenoxy) is 1. The van der Waals surface area contributed by atoms with E-state index in [1.54, 1.807) is 11.3 Å². The molecule has 96 valence electrons. The van der Waals surface area contributed by atoms with Crippen LogP contribution in [0.4, 0.5) is 0 Å². The van der Waals surface area contributed by atoms with Gasteiger partial charge in [-0.05, 0) is 30.0 Å². The van der Waals surface area contributed by atoms with Gasteiger partial charge in [0, 0.05) is 5.38 Å². The largest absolute Gasteiger partial charge is 0.487 e. The lowest BCUT2D eigenvalue weighted by atomic mass is 9.87.